The molecule has 1 aromatic carbocycles. The summed E-state index contributed by atoms with van der Waals surface area (Å²) >= 11 is 0. The molecule has 3 rings (SSSR count). The number of H-pyrrole nitrogens is 1. The Labute approximate surface area is 111 Å². The number of carbonyl (C=O) groups is 1. The van der Waals surface area contributed by atoms with Gasteiger partial charge in [0.25, 0.3) is 0 Å². The predicted molar refractivity (Wildman–Crippen MR) is 70.4 cm³/mol. The van der Waals surface area contributed by atoms with Crippen LogP contribution in [-0.4, -0.2) is 17.0 Å². The number of hydrogen-bond acceptors (Lipinski definition) is 2. The highest BCUT2D eigenvalue weighted by molar-refractivity contribution is 5.86. The van der Waals surface area contributed by atoms with Gasteiger partial charge >= 0.3 is 0 Å². The van der Waals surface area contributed by atoms with E-state index in [9.17, 15) is 9.90 Å². The van der Waals surface area contributed by atoms with Gasteiger partial charge in [0.1, 0.15) is 11.6 Å². The Morgan fingerprint density at radius 3 is 2.95 bits per heavy atom. The van der Waals surface area contributed by atoms with E-state index in [0.717, 1.165) is 28.6 Å². The molecule has 0 amide bonds. The van der Waals surface area contributed by atoms with E-state index >= 15 is 0 Å². The third kappa shape index (κ3) is 1.75. The summed E-state index contributed by atoms with van der Waals surface area (Å²) in [7, 11) is 0. The van der Waals surface area contributed by atoms with Crippen LogP contribution in [0.15, 0.2) is 24.3 Å². The zero-order valence-corrected chi connectivity index (χ0v) is 11.2. The molecule has 0 radical (unpaired) electrons. The lowest BCUT2D eigenvalue weighted by atomic mass is 9.83. The van der Waals surface area contributed by atoms with Crippen molar-refractivity contribution >= 4 is 16.9 Å². The van der Waals surface area contributed by atoms with Gasteiger partial charge in [-0.05, 0) is 18.6 Å². The number of nitrogens with two attached hydrogens (primary N) is 1. The number of quaternary nitrogens is 1. The number of hydrogen-bond donors (Lipinski definition) is 2. The number of aromatic amines is 1. The summed E-state index contributed by atoms with van der Waals surface area (Å²) in [6.45, 7) is 4.18. The Hall–Kier alpha value is -1.81. The minimum atomic E-state index is -0.976. The standard InChI is InChI=1S/C15H18N2O2/c1-3-15(2)13-10(8-12(17-15)14(18)19)9-6-4-5-7-11(9)16-13/h4-7,12,16-17H,3,8H2,1-2H3,(H,18,19)/t12-,15+/m0/s1. The normalized spacial score (nSPS) is 26.3. The molecule has 4 heteroatoms. The topological polar surface area (TPSA) is 72.5 Å². The first-order valence-corrected chi connectivity index (χ1v) is 6.72. The lowest BCUT2D eigenvalue weighted by molar-refractivity contribution is -0.760. The Morgan fingerprint density at radius 2 is 2.26 bits per heavy atom. The quantitative estimate of drug-likeness (QED) is 0.797. The zero-order valence-electron chi connectivity index (χ0n) is 11.2. The van der Waals surface area contributed by atoms with Crippen molar-refractivity contribution in [3.63, 3.8) is 0 Å². The number of carboxylic acid groups (broad SMARTS) is 1. The van der Waals surface area contributed by atoms with Crippen LogP contribution in [0.1, 0.15) is 31.5 Å². The number of nitrogens with one attached hydrogen (secondary N) is 1. The summed E-state index contributed by atoms with van der Waals surface area (Å²) in [5, 5.41) is 14.3. The molecule has 0 spiro atoms. The highest BCUT2D eigenvalue weighted by Crippen LogP contribution is 2.33. The fourth-order valence-electron chi connectivity index (χ4n) is 3.15. The average molecular weight is 258 g/mol. The summed E-state index contributed by atoms with van der Waals surface area (Å²) in [5.41, 5.74) is 3.15. The first kappa shape index (κ1) is 12.2. The number of rotatable bonds is 2. The second kappa shape index (κ2) is 4.10. The summed E-state index contributed by atoms with van der Waals surface area (Å²) in [5.74, 6) is -0.976. The lowest BCUT2D eigenvalue weighted by Crippen LogP contribution is -3.02. The molecule has 4 nitrogen and oxygen atoms in total. The maximum absolute atomic E-state index is 11.3. The molecule has 2 heterocycles. The number of aromatic nitrogens is 1. The summed E-state index contributed by atoms with van der Waals surface area (Å²) in [6.07, 6.45) is 1.40. The average Bonchev–Trinajstić information content (AvgIpc) is 2.78. The molecule has 0 saturated heterocycles. The van der Waals surface area contributed by atoms with Crippen molar-refractivity contribution in [3.05, 3.63) is 35.5 Å². The van der Waals surface area contributed by atoms with Gasteiger partial charge in [0.15, 0.2) is 0 Å². The van der Waals surface area contributed by atoms with Crippen molar-refractivity contribution < 1.29 is 15.2 Å². The fourth-order valence-corrected chi connectivity index (χ4v) is 3.15. The largest absolute Gasteiger partial charge is 0.544 e. The van der Waals surface area contributed by atoms with Crippen LogP contribution >= 0.6 is 0 Å². The van der Waals surface area contributed by atoms with Crippen LogP contribution in [0.25, 0.3) is 10.9 Å². The van der Waals surface area contributed by atoms with Crippen LogP contribution < -0.4 is 10.4 Å². The highest BCUT2D eigenvalue weighted by atomic mass is 16.4. The maximum Gasteiger partial charge on any atom is 0.134 e. The van der Waals surface area contributed by atoms with Gasteiger partial charge in [0, 0.05) is 23.7 Å². The fraction of sp³-hybridized carbons (Fsp3) is 0.400. The predicted octanol–water partition coefficient (Wildman–Crippen LogP) is 0.0311. The van der Waals surface area contributed by atoms with E-state index in [1.807, 2.05) is 23.5 Å². The number of para-hydroxylation sites is 1. The van der Waals surface area contributed by atoms with Crippen molar-refractivity contribution in [2.45, 2.75) is 38.3 Å². The monoisotopic (exact) mass is 258 g/mol. The van der Waals surface area contributed by atoms with E-state index in [1.54, 1.807) is 0 Å². The minimum Gasteiger partial charge on any atom is -0.544 e. The van der Waals surface area contributed by atoms with Crippen molar-refractivity contribution in [2.24, 2.45) is 0 Å². The van der Waals surface area contributed by atoms with Gasteiger partial charge in [0.05, 0.1) is 11.7 Å². The highest BCUT2D eigenvalue weighted by Gasteiger charge is 2.41. The maximum atomic E-state index is 11.3. The zero-order chi connectivity index (χ0) is 13.6. The third-order valence-corrected chi connectivity index (χ3v) is 4.42. The van der Waals surface area contributed by atoms with Gasteiger partial charge in [-0.15, -0.1) is 0 Å². The van der Waals surface area contributed by atoms with Crippen molar-refractivity contribution in [3.8, 4) is 0 Å². The molecular weight excluding hydrogens is 240 g/mol. The van der Waals surface area contributed by atoms with E-state index in [4.69, 9.17) is 0 Å². The second-order valence-corrected chi connectivity index (χ2v) is 5.59. The van der Waals surface area contributed by atoms with Gasteiger partial charge in [-0.2, -0.15) is 0 Å². The van der Waals surface area contributed by atoms with E-state index in [2.05, 4.69) is 24.9 Å². The van der Waals surface area contributed by atoms with Crippen LogP contribution in [0.4, 0.5) is 0 Å². The Morgan fingerprint density at radius 1 is 1.53 bits per heavy atom. The van der Waals surface area contributed by atoms with E-state index in [-0.39, 0.29) is 5.54 Å². The molecule has 0 bridgehead atoms. The van der Waals surface area contributed by atoms with E-state index in [0.29, 0.717) is 6.42 Å². The molecule has 0 saturated carbocycles. The van der Waals surface area contributed by atoms with Crippen LogP contribution in [0.3, 0.4) is 0 Å². The summed E-state index contributed by atoms with van der Waals surface area (Å²) in [4.78, 5) is 14.7. The summed E-state index contributed by atoms with van der Waals surface area (Å²) in [6, 6.07) is 7.58. The molecule has 0 fully saturated rings. The molecule has 2 aromatic rings. The minimum absolute atomic E-state index is 0.225. The molecule has 1 aliphatic heterocycles. The molecule has 19 heavy (non-hydrogen) atoms. The second-order valence-electron chi connectivity index (χ2n) is 5.59. The van der Waals surface area contributed by atoms with Crippen molar-refractivity contribution in [2.75, 3.05) is 0 Å². The number of fused-ring (bicyclic) bond motifs is 3. The smallest absolute Gasteiger partial charge is 0.134 e. The van der Waals surface area contributed by atoms with Crippen molar-refractivity contribution in [1.29, 1.82) is 0 Å². The van der Waals surface area contributed by atoms with Crippen molar-refractivity contribution in [1.82, 2.24) is 4.98 Å². The van der Waals surface area contributed by atoms with Crippen LogP contribution in [0.5, 0.6) is 0 Å². The van der Waals surface area contributed by atoms with Gasteiger partial charge < -0.3 is 20.2 Å². The molecule has 1 aromatic heterocycles. The molecule has 1 aliphatic rings. The molecular formula is C15H18N2O2. The van der Waals surface area contributed by atoms with E-state index < -0.39 is 12.0 Å². The Balaban J connectivity index is 2.23. The lowest BCUT2D eigenvalue weighted by Gasteiger charge is -2.36. The molecule has 100 valence electrons. The molecule has 3 N–H and O–H groups in total. The Kier molecular flexibility index (Phi) is 2.64. The molecule has 2 atom stereocenters. The first-order valence-electron chi connectivity index (χ1n) is 6.72. The number of carboxylic acids is 1. The van der Waals surface area contributed by atoms with Crippen LogP contribution in [0.2, 0.25) is 0 Å². The van der Waals surface area contributed by atoms with Gasteiger partial charge in [-0.1, -0.05) is 25.1 Å². The van der Waals surface area contributed by atoms with Crippen LogP contribution in [-0.2, 0) is 16.8 Å². The van der Waals surface area contributed by atoms with Gasteiger partial charge in [-0.3, -0.25) is 0 Å². The van der Waals surface area contributed by atoms with Gasteiger partial charge in [0.2, 0.25) is 0 Å². The number of aliphatic carboxylic acids is 1. The molecule has 0 aliphatic carbocycles. The van der Waals surface area contributed by atoms with E-state index in [1.165, 1.54) is 0 Å². The Bertz CT molecular complexity index is 647. The number of benzene rings is 1. The SMILES string of the molecule is CC[C@@]1(C)[NH2+][C@H](C(=O)[O-])Cc2c1[nH]c1ccccc21. The van der Waals surface area contributed by atoms with Crippen LogP contribution in [0, 0.1) is 0 Å². The summed E-state index contributed by atoms with van der Waals surface area (Å²) < 4.78 is 0. The first-order chi connectivity index (χ1) is 9.05. The number of carbonyl (C=O) groups excluding carboxylic acids is 1. The molecule has 0 unspecified atom stereocenters. The third-order valence-electron chi connectivity index (χ3n) is 4.42. The van der Waals surface area contributed by atoms with Gasteiger partial charge in [-0.25, -0.2) is 0 Å².